The van der Waals surface area contributed by atoms with Gasteiger partial charge >= 0.3 is 0 Å². The predicted molar refractivity (Wildman–Crippen MR) is 105 cm³/mol. The average Bonchev–Trinajstić information content (AvgIpc) is 2.66. The second-order valence-electron chi connectivity index (χ2n) is 5.92. The van der Waals surface area contributed by atoms with Crippen LogP contribution in [0.4, 0.5) is 11.4 Å². The molecule has 0 aliphatic carbocycles. The Kier molecular flexibility index (Phi) is 7.26. The normalized spacial score (nSPS) is 9.96. The number of amides is 2. The largest absolute Gasteiger partial charge is 0.397 e. The van der Waals surface area contributed by atoms with Crippen molar-refractivity contribution in [2.75, 3.05) is 17.6 Å². The number of nitrogens with two attached hydrogens (primary N) is 1. The van der Waals surface area contributed by atoms with Gasteiger partial charge in [0, 0.05) is 24.1 Å². The second kappa shape index (κ2) is 9.90. The van der Waals surface area contributed by atoms with Crippen LogP contribution >= 0.6 is 0 Å². The molecule has 2 amide bonds. The molecule has 5 heteroatoms. The number of hydrogen-bond acceptors (Lipinski definition) is 3. The minimum Gasteiger partial charge on any atom is -0.397 e. The maximum atomic E-state index is 12.0. The third-order valence-corrected chi connectivity index (χ3v) is 3.91. The van der Waals surface area contributed by atoms with Crippen LogP contribution in [-0.2, 0) is 4.79 Å². The number of anilines is 2. The zero-order chi connectivity index (χ0) is 18.8. The summed E-state index contributed by atoms with van der Waals surface area (Å²) >= 11 is 0. The third-order valence-electron chi connectivity index (χ3n) is 3.91. The number of terminal acetylenes is 1. The van der Waals surface area contributed by atoms with Gasteiger partial charge in [-0.2, -0.15) is 0 Å². The monoisotopic (exact) mass is 349 g/mol. The van der Waals surface area contributed by atoms with Crippen LogP contribution in [0.2, 0.25) is 0 Å². The summed E-state index contributed by atoms with van der Waals surface area (Å²) in [5, 5.41) is 5.67. The SMILES string of the molecule is C#Cc1ccc(C(=O)NCCCCCC(=O)Nc2ccccc2N)cc1. The first-order valence-corrected chi connectivity index (χ1v) is 8.59. The fourth-order valence-electron chi connectivity index (χ4n) is 2.43. The number of rotatable bonds is 8. The lowest BCUT2D eigenvalue weighted by atomic mass is 10.1. The van der Waals surface area contributed by atoms with Crippen molar-refractivity contribution in [1.29, 1.82) is 0 Å². The highest BCUT2D eigenvalue weighted by atomic mass is 16.2. The molecule has 0 spiro atoms. The van der Waals surface area contributed by atoms with E-state index in [-0.39, 0.29) is 11.8 Å². The Hall–Kier alpha value is -3.26. The van der Waals surface area contributed by atoms with Gasteiger partial charge in [-0.05, 0) is 49.2 Å². The first-order chi connectivity index (χ1) is 12.6. The van der Waals surface area contributed by atoms with Crippen LogP contribution in [0.15, 0.2) is 48.5 Å². The second-order valence-corrected chi connectivity index (χ2v) is 5.92. The molecule has 2 aromatic rings. The van der Waals surface area contributed by atoms with E-state index < -0.39 is 0 Å². The lowest BCUT2D eigenvalue weighted by Crippen LogP contribution is -2.24. The fourth-order valence-corrected chi connectivity index (χ4v) is 2.43. The molecule has 0 radical (unpaired) electrons. The molecule has 0 bridgehead atoms. The summed E-state index contributed by atoms with van der Waals surface area (Å²) in [4.78, 5) is 23.9. The highest BCUT2D eigenvalue weighted by Crippen LogP contribution is 2.17. The number of unbranched alkanes of at least 4 members (excludes halogenated alkanes) is 2. The summed E-state index contributed by atoms with van der Waals surface area (Å²) in [5.74, 6) is 2.34. The van der Waals surface area contributed by atoms with Crippen molar-refractivity contribution in [3.63, 3.8) is 0 Å². The highest BCUT2D eigenvalue weighted by Gasteiger charge is 2.06. The summed E-state index contributed by atoms with van der Waals surface area (Å²) in [7, 11) is 0. The van der Waals surface area contributed by atoms with Crippen molar-refractivity contribution in [3.05, 3.63) is 59.7 Å². The smallest absolute Gasteiger partial charge is 0.251 e. The number of nitrogens with one attached hydrogen (secondary N) is 2. The van der Waals surface area contributed by atoms with E-state index in [0.717, 1.165) is 24.8 Å². The van der Waals surface area contributed by atoms with Crippen LogP contribution in [0.5, 0.6) is 0 Å². The van der Waals surface area contributed by atoms with Crippen molar-refractivity contribution in [2.45, 2.75) is 25.7 Å². The number of para-hydroxylation sites is 2. The zero-order valence-corrected chi connectivity index (χ0v) is 14.6. The van der Waals surface area contributed by atoms with Crippen LogP contribution < -0.4 is 16.4 Å². The lowest BCUT2D eigenvalue weighted by Gasteiger charge is -2.08. The van der Waals surface area contributed by atoms with E-state index in [4.69, 9.17) is 12.2 Å². The molecule has 0 atom stereocenters. The Bertz CT molecular complexity index is 792. The van der Waals surface area contributed by atoms with Crippen LogP contribution in [0.25, 0.3) is 0 Å². The van der Waals surface area contributed by atoms with Gasteiger partial charge in [0.05, 0.1) is 11.4 Å². The molecule has 5 nitrogen and oxygen atoms in total. The maximum absolute atomic E-state index is 12.0. The van der Waals surface area contributed by atoms with Crippen LogP contribution in [0, 0.1) is 12.3 Å². The van der Waals surface area contributed by atoms with E-state index in [2.05, 4.69) is 16.6 Å². The summed E-state index contributed by atoms with van der Waals surface area (Å²) < 4.78 is 0. The third kappa shape index (κ3) is 5.99. The molecule has 0 heterocycles. The Morgan fingerprint density at radius 2 is 1.73 bits per heavy atom. The molecule has 134 valence electrons. The average molecular weight is 349 g/mol. The molecular formula is C21H23N3O2. The molecule has 0 saturated heterocycles. The molecular weight excluding hydrogens is 326 g/mol. The highest BCUT2D eigenvalue weighted by molar-refractivity contribution is 5.94. The minimum atomic E-state index is -0.120. The molecule has 0 fully saturated rings. The van der Waals surface area contributed by atoms with Crippen LogP contribution in [-0.4, -0.2) is 18.4 Å². The topological polar surface area (TPSA) is 84.2 Å². The molecule has 26 heavy (non-hydrogen) atoms. The Balaban J connectivity index is 1.60. The van der Waals surface area contributed by atoms with E-state index in [1.807, 2.05) is 12.1 Å². The van der Waals surface area contributed by atoms with Crippen molar-refractivity contribution in [2.24, 2.45) is 0 Å². The number of carbonyl (C=O) groups excluding carboxylic acids is 2. The minimum absolute atomic E-state index is 0.0551. The summed E-state index contributed by atoms with van der Waals surface area (Å²) in [6.07, 6.45) is 8.14. The Morgan fingerprint density at radius 1 is 1.00 bits per heavy atom. The fraction of sp³-hybridized carbons (Fsp3) is 0.238. The van der Waals surface area contributed by atoms with Crippen molar-refractivity contribution in [1.82, 2.24) is 5.32 Å². The molecule has 0 aromatic heterocycles. The van der Waals surface area contributed by atoms with E-state index >= 15 is 0 Å². The van der Waals surface area contributed by atoms with Crippen molar-refractivity contribution < 1.29 is 9.59 Å². The van der Waals surface area contributed by atoms with Gasteiger partial charge in [0.2, 0.25) is 5.91 Å². The van der Waals surface area contributed by atoms with Gasteiger partial charge < -0.3 is 16.4 Å². The van der Waals surface area contributed by atoms with E-state index in [0.29, 0.717) is 29.9 Å². The maximum Gasteiger partial charge on any atom is 0.251 e. The van der Waals surface area contributed by atoms with Gasteiger partial charge in [0.15, 0.2) is 0 Å². The first-order valence-electron chi connectivity index (χ1n) is 8.59. The molecule has 0 unspecified atom stereocenters. The van der Waals surface area contributed by atoms with E-state index in [9.17, 15) is 9.59 Å². The van der Waals surface area contributed by atoms with Gasteiger partial charge in [0.1, 0.15) is 0 Å². The predicted octanol–water partition coefficient (Wildman–Crippen LogP) is 3.18. The van der Waals surface area contributed by atoms with E-state index in [1.165, 1.54) is 0 Å². The number of carbonyl (C=O) groups is 2. The Labute approximate surface area is 154 Å². The molecule has 0 saturated carbocycles. The van der Waals surface area contributed by atoms with Crippen molar-refractivity contribution >= 4 is 23.2 Å². The van der Waals surface area contributed by atoms with Crippen molar-refractivity contribution in [3.8, 4) is 12.3 Å². The molecule has 4 N–H and O–H groups in total. The van der Waals surface area contributed by atoms with E-state index in [1.54, 1.807) is 36.4 Å². The van der Waals surface area contributed by atoms with Crippen LogP contribution in [0.3, 0.4) is 0 Å². The molecule has 2 rings (SSSR count). The number of hydrogen-bond donors (Lipinski definition) is 3. The quantitative estimate of drug-likeness (QED) is 0.389. The molecule has 0 aliphatic rings. The van der Waals surface area contributed by atoms with Gasteiger partial charge in [-0.1, -0.05) is 24.5 Å². The molecule has 2 aromatic carbocycles. The summed E-state index contributed by atoms with van der Waals surface area (Å²) in [6, 6.07) is 14.1. The Morgan fingerprint density at radius 3 is 2.42 bits per heavy atom. The number of benzene rings is 2. The zero-order valence-electron chi connectivity index (χ0n) is 14.6. The lowest BCUT2D eigenvalue weighted by molar-refractivity contribution is -0.116. The standard InChI is InChI=1S/C21H23N3O2/c1-2-16-11-13-17(14-12-16)21(26)23-15-7-3-4-10-20(25)24-19-9-6-5-8-18(19)22/h1,5-6,8-9,11-14H,3-4,7,10,15,22H2,(H,23,26)(H,24,25). The summed E-state index contributed by atoms with van der Waals surface area (Å²) in [6.45, 7) is 0.572. The van der Waals surface area contributed by atoms with Gasteiger partial charge in [-0.3, -0.25) is 9.59 Å². The summed E-state index contributed by atoms with van der Waals surface area (Å²) in [5.41, 5.74) is 8.32. The van der Waals surface area contributed by atoms with Gasteiger partial charge in [-0.25, -0.2) is 0 Å². The number of nitrogen functional groups attached to an aromatic ring is 1. The first kappa shape index (κ1) is 19.1. The molecule has 0 aliphatic heterocycles. The van der Waals surface area contributed by atoms with Gasteiger partial charge in [0.25, 0.3) is 5.91 Å². The van der Waals surface area contributed by atoms with Gasteiger partial charge in [-0.15, -0.1) is 6.42 Å². The van der Waals surface area contributed by atoms with Crippen LogP contribution in [0.1, 0.15) is 41.6 Å².